The number of para-hydroxylation sites is 1. The predicted octanol–water partition coefficient (Wildman–Crippen LogP) is 0.753. The molecule has 0 aliphatic carbocycles. The number of hydrogen-bond donors (Lipinski definition) is 1. The lowest BCUT2D eigenvalue weighted by Gasteiger charge is -2.23. The lowest BCUT2D eigenvalue weighted by atomic mass is 10.1. The van der Waals surface area contributed by atoms with Crippen molar-refractivity contribution in [2.24, 2.45) is 0 Å². The van der Waals surface area contributed by atoms with Crippen molar-refractivity contribution < 1.29 is 14.3 Å². The zero-order valence-electron chi connectivity index (χ0n) is 9.23. The first kappa shape index (κ1) is 11.0. The minimum atomic E-state index is -0.0451. The summed E-state index contributed by atoms with van der Waals surface area (Å²) in [7, 11) is 1.66. The minimum Gasteiger partial charge on any atom is -0.496 e. The molecule has 1 N–H and O–H groups in total. The van der Waals surface area contributed by atoms with Crippen LogP contribution in [0.1, 0.15) is 5.56 Å². The molecule has 4 heteroatoms. The van der Waals surface area contributed by atoms with E-state index < -0.39 is 0 Å². The third-order valence-electron chi connectivity index (χ3n) is 2.62. The third kappa shape index (κ3) is 2.52. The van der Waals surface area contributed by atoms with Gasteiger partial charge < -0.3 is 14.8 Å². The lowest BCUT2D eigenvalue weighted by Crippen LogP contribution is -2.43. The molecule has 1 heterocycles. The molecule has 0 aromatic heterocycles. The summed E-state index contributed by atoms with van der Waals surface area (Å²) in [6.45, 7) is 0.719. The molecule has 2 rings (SSSR count). The normalized spacial score (nSPS) is 20.3. The summed E-state index contributed by atoms with van der Waals surface area (Å²) in [4.78, 5) is 10.9. The van der Waals surface area contributed by atoms with Crippen molar-refractivity contribution in [3.63, 3.8) is 0 Å². The molecule has 0 spiro atoms. The van der Waals surface area contributed by atoms with Gasteiger partial charge in [0.2, 0.25) is 5.91 Å². The molecule has 1 aliphatic heterocycles. The molecule has 0 radical (unpaired) electrons. The van der Waals surface area contributed by atoms with Gasteiger partial charge in [-0.3, -0.25) is 4.79 Å². The number of benzene rings is 1. The molecule has 0 bridgehead atoms. The van der Waals surface area contributed by atoms with Crippen molar-refractivity contribution in [1.29, 1.82) is 0 Å². The summed E-state index contributed by atoms with van der Waals surface area (Å²) in [6.07, 6.45) is 0.790. The van der Waals surface area contributed by atoms with Crippen LogP contribution in [-0.4, -0.2) is 32.3 Å². The van der Waals surface area contributed by atoms with E-state index >= 15 is 0 Å². The van der Waals surface area contributed by atoms with Crippen LogP contribution in [0.4, 0.5) is 0 Å². The fraction of sp³-hybridized carbons (Fsp3) is 0.417. The Kier molecular flexibility index (Phi) is 3.41. The third-order valence-corrected chi connectivity index (χ3v) is 2.62. The van der Waals surface area contributed by atoms with Crippen molar-refractivity contribution in [1.82, 2.24) is 5.32 Å². The fourth-order valence-corrected chi connectivity index (χ4v) is 1.78. The average Bonchev–Trinajstić information content (AvgIpc) is 2.33. The topological polar surface area (TPSA) is 47.6 Å². The summed E-state index contributed by atoms with van der Waals surface area (Å²) in [5, 5.41) is 2.79. The van der Waals surface area contributed by atoms with Crippen molar-refractivity contribution in [3.05, 3.63) is 29.8 Å². The molecule has 0 saturated carbocycles. The monoisotopic (exact) mass is 221 g/mol. The van der Waals surface area contributed by atoms with Crippen LogP contribution in [0, 0.1) is 0 Å². The van der Waals surface area contributed by atoms with E-state index in [0.29, 0.717) is 6.54 Å². The van der Waals surface area contributed by atoms with Gasteiger partial charge in [0.15, 0.2) is 0 Å². The van der Waals surface area contributed by atoms with Gasteiger partial charge in [0.25, 0.3) is 0 Å². The van der Waals surface area contributed by atoms with Crippen LogP contribution in [0.3, 0.4) is 0 Å². The first-order chi connectivity index (χ1) is 7.79. The maximum absolute atomic E-state index is 10.9. The van der Waals surface area contributed by atoms with E-state index in [1.54, 1.807) is 7.11 Å². The molecule has 1 aromatic carbocycles. The standard InChI is InChI=1S/C12H15NO3/c1-15-11-5-3-2-4-9(11)6-10-7-13-12(14)8-16-10/h2-5,10H,6-8H2,1H3,(H,13,14). The van der Waals surface area contributed by atoms with Crippen LogP contribution >= 0.6 is 0 Å². The number of methoxy groups -OCH3 is 1. The molecule has 1 atom stereocenters. The fourth-order valence-electron chi connectivity index (χ4n) is 1.78. The second kappa shape index (κ2) is 4.99. The van der Waals surface area contributed by atoms with Crippen LogP contribution in [0.15, 0.2) is 24.3 Å². The van der Waals surface area contributed by atoms with E-state index in [0.717, 1.165) is 17.7 Å². The zero-order chi connectivity index (χ0) is 11.4. The maximum Gasteiger partial charge on any atom is 0.246 e. The highest BCUT2D eigenvalue weighted by Crippen LogP contribution is 2.20. The molecule has 1 aromatic rings. The van der Waals surface area contributed by atoms with E-state index in [4.69, 9.17) is 9.47 Å². The lowest BCUT2D eigenvalue weighted by molar-refractivity contribution is -0.133. The van der Waals surface area contributed by atoms with Gasteiger partial charge >= 0.3 is 0 Å². The molecule has 1 amide bonds. The summed E-state index contributed by atoms with van der Waals surface area (Å²) in [5.41, 5.74) is 1.10. The molecule has 16 heavy (non-hydrogen) atoms. The van der Waals surface area contributed by atoms with Crippen LogP contribution in [0.5, 0.6) is 5.75 Å². The first-order valence-electron chi connectivity index (χ1n) is 5.30. The molecule has 1 unspecified atom stereocenters. The van der Waals surface area contributed by atoms with Crippen LogP contribution in [0.25, 0.3) is 0 Å². The molecule has 1 saturated heterocycles. The highest BCUT2D eigenvalue weighted by molar-refractivity contribution is 5.77. The quantitative estimate of drug-likeness (QED) is 0.819. The number of ether oxygens (including phenoxy) is 2. The molecular formula is C12H15NO3. The second-order valence-electron chi connectivity index (χ2n) is 3.75. The Bertz CT molecular complexity index is 368. The van der Waals surface area contributed by atoms with Crippen molar-refractivity contribution in [3.8, 4) is 5.75 Å². The van der Waals surface area contributed by atoms with E-state index in [1.165, 1.54) is 0 Å². The highest BCUT2D eigenvalue weighted by atomic mass is 16.5. The largest absolute Gasteiger partial charge is 0.496 e. The highest BCUT2D eigenvalue weighted by Gasteiger charge is 2.19. The molecule has 1 aliphatic rings. The van der Waals surface area contributed by atoms with Gasteiger partial charge in [-0.25, -0.2) is 0 Å². The second-order valence-corrected chi connectivity index (χ2v) is 3.75. The van der Waals surface area contributed by atoms with Gasteiger partial charge in [0, 0.05) is 13.0 Å². The summed E-state index contributed by atoms with van der Waals surface area (Å²) in [6, 6.07) is 7.85. The Labute approximate surface area is 94.6 Å². The van der Waals surface area contributed by atoms with Gasteiger partial charge in [-0.2, -0.15) is 0 Å². The van der Waals surface area contributed by atoms with E-state index in [9.17, 15) is 4.79 Å². The summed E-state index contributed by atoms with van der Waals surface area (Å²) in [5.74, 6) is 0.819. The van der Waals surface area contributed by atoms with Gasteiger partial charge in [-0.05, 0) is 11.6 Å². The van der Waals surface area contributed by atoms with E-state index in [-0.39, 0.29) is 18.6 Å². The van der Waals surface area contributed by atoms with Crippen LogP contribution in [0.2, 0.25) is 0 Å². The number of nitrogens with one attached hydrogen (secondary N) is 1. The molecular weight excluding hydrogens is 206 g/mol. The SMILES string of the molecule is COc1ccccc1CC1CNC(=O)CO1. The van der Waals surface area contributed by atoms with E-state index in [1.807, 2.05) is 24.3 Å². The number of carbonyl (C=O) groups excluding carboxylic acids is 1. The van der Waals surface area contributed by atoms with Gasteiger partial charge in [-0.15, -0.1) is 0 Å². The van der Waals surface area contributed by atoms with Crippen LogP contribution in [-0.2, 0) is 16.0 Å². The predicted molar refractivity (Wildman–Crippen MR) is 59.4 cm³/mol. The molecule has 1 fully saturated rings. The maximum atomic E-state index is 10.9. The molecule has 86 valence electrons. The zero-order valence-corrected chi connectivity index (χ0v) is 9.23. The van der Waals surface area contributed by atoms with Gasteiger partial charge in [0.1, 0.15) is 12.4 Å². The van der Waals surface area contributed by atoms with Gasteiger partial charge in [-0.1, -0.05) is 18.2 Å². The van der Waals surface area contributed by atoms with Crippen molar-refractivity contribution >= 4 is 5.91 Å². The molecule has 4 nitrogen and oxygen atoms in total. The Morgan fingerprint density at radius 2 is 2.31 bits per heavy atom. The number of amides is 1. The number of hydrogen-bond acceptors (Lipinski definition) is 3. The number of carbonyl (C=O) groups is 1. The van der Waals surface area contributed by atoms with E-state index in [2.05, 4.69) is 5.32 Å². The van der Waals surface area contributed by atoms with Crippen molar-refractivity contribution in [2.75, 3.05) is 20.3 Å². The Morgan fingerprint density at radius 1 is 1.50 bits per heavy atom. The van der Waals surface area contributed by atoms with Crippen LogP contribution < -0.4 is 10.1 Å². The smallest absolute Gasteiger partial charge is 0.246 e. The number of morpholine rings is 1. The number of rotatable bonds is 3. The summed E-state index contributed by atoms with van der Waals surface area (Å²) < 4.78 is 10.7. The Hall–Kier alpha value is -1.55. The Balaban J connectivity index is 2.00. The van der Waals surface area contributed by atoms with Crippen molar-refractivity contribution in [2.45, 2.75) is 12.5 Å². The van der Waals surface area contributed by atoms with Gasteiger partial charge in [0.05, 0.1) is 13.2 Å². The first-order valence-corrected chi connectivity index (χ1v) is 5.30. The summed E-state index contributed by atoms with van der Waals surface area (Å²) >= 11 is 0. The minimum absolute atomic E-state index is 0.0361. The average molecular weight is 221 g/mol. The Morgan fingerprint density at radius 3 is 3.00 bits per heavy atom.